The van der Waals surface area contributed by atoms with Gasteiger partial charge in [-0.3, -0.25) is 0 Å². The van der Waals surface area contributed by atoms with Gasteiger partial charge in [0.05, 0.1) is 0 Å². The third kappa shape index (κ3) is 6.75. The fraction of sp³-hybridized carbons (Fsp3) is 0.769. The van der Waals surface area contributed by atoms with Gasteiger partial charge in [-0.05, 0) is 85.0 Å². The predicted molar refractivity (Wildman–Crippen MR) is 117 cm³/mol. The number of hydrogen-bond donors (Lipinski definition) is 0. The normalized spacial score (nSPS) is 23.8. The summed E-state index contributed by atoms with van der Waals surface area (Å²) in [5.41, 5.74) is 3.30. The molecular formula is C26H44. The summed E-state index contributed by atoms with van der Waals surface area (Å²) in [6.45, 7) is 16.8. The summed E-state index contributed by atoms with van der Waals surface area (Å²) in [6.07, 6.45) is 11.2. The van der Waals surface area contributed by atoms with E-state index in [0.717, 1.165) is 11.8 Å². The quantitative estimate of drug-likeness (QED) is 0.472. The van der Waals surface area contributed by atoms with Crippen LogP contribution in [0.5, 0.6) is 0 Å². The Kier molecular flexibility index (Phi) is 7.03. The van der Waals surface area contributed by atoms with E-state index >= 15 is 0 Å². The van der Waals surface area contributed by atoms with Gasteiger partial charge in [0.25, 0.3) is 0 Å². The fourth-order valence-electron chi connectivity index (χ4n) is 4.72. The molecule has 0 spiro atoms. The maximum atomic E-state index is 2.41. The molecule has 0 N–H and O–H groups in total. The Hall–Kier alpha value is -0.780. The fourth-order valence-corrected chi connectivity index (χ4v) is 4.72. The van der Waals surface area contributed by atoms with Crippen LogP contribution >= 0.6 is 0 Å². The van der Waals surface area contributed by atoms with Crippen molar-refractivity contribution in [3.05, 3.63) is 35.9 Å². The van der Waals surface area contributed by atoms with Gasteiger partial charge in [-0.1, -0.05) is 78.8 Å². The highest BCUT2D eigenvalue weighted by Crippen LogP contribution is 2.44. The van der Waals surface area contributed by atoms with Crippen LogP contribution in [0.2, 0.25) is 0 Å². The standard InChI is InChI=1S/C14H20.C12H24/c1-14(2)10-8-13(9-11-14)12-6-4-3-5-7-12;1-11(2,3)10-6-8-12(4,5)9-7-10/h3-7,13H,8-11H2,1-2H3;10H,6-9H2,1-5H3. The van der Waals surface area contributed by atoms with E-state index in [4.69, 9.17) is 0 Å². The van der Waals surface area contributed by atoms with Crippen molar-refractivity contribution in [1.82, 2.24) is 0 Å². The third-order valence-corrected chi connectivity index (χ3v) is 7.17. The summed E-state index contributed by atoms with van der Waals surface area (Å²) in [4.78, 5) is 0. The number of hydrogen-bond acceptors (Lipinski definition) is 0. The first-order chi connectivity index (χ1) is 12.0. The minimum atomic E-state index is 0.538. The highest BCUT2D eigenvalue weighted by molar-refractivity contribution is 5.20. The van der Waals surface area contributed by atoms with Crippen LogP contribution in [-0.4, -0.2) is 0 Å². The Morgan fingerprint density at radius 2 is 1.12 bits per heavy atom. The van der Waals surface area contributed by atoms with Crippen LogP contribution in [0.1, 0.15) is 111 Å². The second-order valence-corrected chi connectivity index (χ2v) is 11.7. The first-order valence-electron chi connectivity index (χ1n) is 11.0. The highest BCUT2D eigenvalue weighted by atomic mass is 14.4. The van der Waals surface area contributed by atoms with E-state index in [1.165, 1.54) is 51.4 Å². The molecule has 2 aliphatic rings. The van der Waals surface area contributed by atoms with Crippen LogP contribution < -0.4 is 0 Å². The van der Waals surface area contributed by atoms with Gasteiger partial charge in [-0.25, -0.2) is 0 Å². The molecule has 2 fully saturated rings. The molecule has 0 aromatic heterocycles. The molecule has 1 aromatic rings. The summed E-state index contributed by atoms with van der Waals surface area (Å²) < 4.78 is 0. The van der Waals surface area contributed by atoms with Crippen LogP contribution in [0.3, 0.4) is 0 Å². The average Bonchev–Trinajstić information content (AvgIpc) is 2.55. The number of benzene rings is 1. The summed E-state index contributed by atoms with van der Waals surface area (Å²) >= 11 is 0. The van der Waals surface area contributed by atoms with Gasteiger partial charge in [0, 0.05) is 0 Å². The summed E-state index contributed by atoms with van der Waals surface area (Å²) in [7, 11) is 0. The molecule has 1 aromatic carbocycles. The van der Waals surface area contributed by atoms with Crippen molar-refractivity contribution < 1.29 is 0 Å². The summed E-state index contributed by atoms with van der Waals surface area (Å²) in [5.74, 6) is 1.79. The van der Waals surface area contributed by atoms with Gasteiger partial charge in [-0.2, -0.15) is 0 Å². The lowest BCUT2D eigenvalue weighted by Crippen LogP contribution is -2.29. The molecule has 2 saturated carbocycles. The lowest BCUT2D eigenvalue weighted by atomic mass is 9.65. The van der Waals surface area contributed by atoms with Crippen molar-refractivity contribution in [2.45, 2.75) is 106 Å². The summed E-state index contributed by atoms with van der Waals surface area (Å²) in [6, 6.07) is 11.0. The first-order valence-corrected chi connectivity index (χ1v) is 11.0. The molecule has 0 atom stereocenters. The lowest BCUT2D eigenvalue weighted by molar-refractivity contribution is 0.111. The van der Waals surface area contributed by atoms with Crippen LogP contribution in [-0.2, 0) is 0 Å². The maximum absolute atomic E-state index is 2.41. The molecule has 0 radical (unpaired) electrons. The second kappa shape index (κ2) is 8.49. The van der Waals surface area contributed by atoms with Gasteiger partial charge in [0.1, 0.15) is 0 Å². The van der Waals surface area contributed by atoms with Gasteiger partial charge in [-0.15, -0.1) is 0 Å². The molecule has 0 heterocycles. The SMILES string of the molecule is CC1(C)CCC(C(C)(C)C)CC1.CC1(C)CCC(c2ccccc2)CC1. The lowest BCUT2D eigenvalue weighted by Gasteiger charge is -2.40. The highest BCUT2D eigenvalue weighted by Gasteiger charge is 2.32. The Bertz CT molecular complexity index is 509. The molecule has 0 amide bonds. The van der Waals surface area contributed by atoms with E-state index in [1.54, 1.807) is 5.56 Å². The molecule has 0 unspecified atom stereocenters. The van der Waals surface area contributed by atoms with E-state index < -0.39 is 0 Å². The van der Waals surface area contributed by atoms with Gasteiger partial charge in [0.2, 0.25) is 0 Å². The van der Waals surface area contributed by atoms with Crippen molar-refractivity contribution in [1.29, 1.82) is 0 Å². The monoisotopic (exact) mass is 356 g/mol. The maximum Gasteiger partial charge on any atom is -0.0162 e. The Morgan fingerprint density at radius 3 is 1.54 bits per heavy atom. The Labute approximate surface area is 164 Å². The van der Waals surface area contributed by atoms with Crippen molar-refractivity contribution in [3.8, 4) is 0 Å². The van der Waals surface area contributed by atoms with Crippen molar-refractivity contribution >= 4 is 0 Å². The second-order valence-electron chi connectivity index (χ2n) is 11.7. The van der Waals surface area contributed by atoms with E-state index in [2.05, 4.69) is 78.8 Å². The minimum absolute atomic E-state index is 0.538. The van der Waals surface area contributed by atoms with E-state index in [-0.39, 0.29) is 0 Å². The van der Waals surface area contributed by atoms with Gasteiger partial charge in [0.15, 0.2) is 0 Å². The van der Waals surface area contributed by atoms with Crippen LogP contribution in [0.4, 0.5) is 0 Å². The zero-order chi connectivity index (χ0) is 19.4. The topological polar surface area (TPSA) is 0 Å². The van der Waals surface area contributed by atoms with E-state index in [0.29, 0.717) is 16.2 Å². The Morgan fingerprint density at radius 1 is 0.692 bits per heavy atom. The van der Waals surface area contributed by atoms with Crippen molar-refractivity contribution in [2.24, 2.45) is 22.2 Å². The van der Waals surface area contributed by atoms with E-state index in [1.807, 2.05) is 0 Å². The van der Waals surface area contributed by atoms with Crippen molar-refractivity contribution in [2.75, 3.05) is 0 Å². The molecule has 0 saturated heterocycles. The predicted octanol–water partition coefficient (Wildman–Crippen LogP) is 8.62. The minimum Gasteiger partial charge on any atom is -0.0622 e. The number of rotatable bonds is 1. The Balaban J connectivity index is 0.000000190. The molecular weight excluding hydrogens is 312 g/mol. The molecule has 26 heavy (non-hydrogen) atoms. The molecule has 3 rings (SSSR count). The average molecular weight is 357 g/mol. The van der Waals surface area contributed by atoms with Crippen molar-refractivity contribution in [3.63, 3.8) is 0 Å². The summed E-state index contributed by atoms with van der Waals surface area (Å²) in [5, 5.41) is 0. The largest absolute Gasteiger partial charge is 0.0622 e. The smallest absolute Gasteiger partial charge is 0.0162 e. The molecule has 0 bridgehead atoms. The molecule has 0 heteroatoms. The molecule has 0 aliphatic heterocycles. The molecule has 0 nitrogen and oxygen atoms in total. The van der Waals surface area contributed by atoms with E-state index in [9.17, 15) is 0 Å². The zero-order valence-corrected chi connectivity index (χ0v) is 18.7. The van der Waals surface area contributed by atoms with Crippen LogP contribution in [0, 0.1) is 22.2 Å². The third-order valence-electron chi connectivity index (χ3n) is 7.17. The zero-order valence-electron chi connectivity index (χ0n) is 18.7. The first kappa shape index (κ1) is 21.5. The molecule has 148 valence electrons. The van der Waals surface area contributed by atoms with Gasteiger partial charge >= 0.3 is 0 Å². The van der Waals surface area contributed by atoms with Crippen LogP contribution in [0.15, 0.2) is 30.3 Å². The van der Waals surface area contributed by atoms with Crippen LogP contribution in [0.25, 0.3) is 0 Å². The molecule has 2 aliphatic carbocycles. The van der Waals surface area contributed by atoms with Gasteiger partial charge < -0.3 is 0 Å².